The molecular formula is C16H12ClF3O. The third-order valence-electron chi connectivity index (χ3n) is 3.48. The Balaban J connectivity index is 2.25. The summed E-state index contributed by atoms with van der Waals surface area (Å²) in [6.45, 7) is 1.84. The lowest BCUT2D eigenvalue weighted by Gasteiger charge is -2.14. The van der Waals surface area contributed by atoms with Crippen molar-refractivity contribution in [1.82, 2.24) is 0 Å². The van der Waals surface area contributed by atoms with Crippen molar-refractivity contribution in [3.63, 3.8) is 0 Å². The first-order valence-electron chi connectivity index (χ1n) is 6.52. The van der Waals surface area contributed by atoms with Crippen LogP contribution < -0.4 is 4.74 Å². The summed E-state index contributed by atoms with van der Waals surface area (Å²) < 4.78 is 44.9. The summed E-state index contributed by atoms with van der Waals surface area (Å²) in [5.74, 6) is 0.503. The number of alkyl halides is 3. The molecule has 0 spiro atoms. The number of halogens is 4. The largest absolute Gasteiger partial charge is 0.489 e. The van der Waals surface area contributed by atoms with Crippen LogP contribution in [0.25, 0.3) is 11.1 Å². The van der Waals surface area contributed by atoms with Crippen molar-refractivity contribution in [2.24, 2.45) is 0 Å². The van der Waals surface area contributed by atoms with Gasteiger partial charge >= 0.3 is 6.18 Å². The minimum absolute atomic E-state index is 0.135. The van der Waals surface area contributed by atoms with E-state index in [-0.39, 0.29) is 6.10 Å². The molecule has 21 heavy (non-hydrogen) atoms. The first-order valence-corrected chi connectivity index (χ1v) is 6.89. The number of hydrogen-bond donors (Lipinski definition) is 0. The Morgan fingerprint density at radius 3 is 2.52 bits per heavy atom. The van der Waals surface area contributed by atoms with Gasteiger partial charge in [0.05, 0.1) is 5.56 Å². The van der Waals surface area contributed by atoms with Gasteiger partial charge in [0.15, 0.2) is 0 Å². The number of fused-ring (bicyclic) bond motifs is 1. The molecule has 3 rings (SSSR count). The molecule has 5 heteroatoms. The monoisotopic (exact) mass is 312 g/mol. The molecule has 1 atom stereocenters. The van der Waals surface area contributed by atoms with Crippen LogP contribution in [-0.2, 0) is 12.6 Å². The molecule has 0 amide bonds. The van der Waals surface area contributed by atoms with Crippen molar-refractivity contribution in [2.45, 2.75) is 25.6 Å². The van der Waals surface area contributed by atoms with E-state index in [2.05, 4.69) is 0 Å². The molecule has 2 aromatic rings. The Hall–Kier alpha value is -1.68. The first-order chi connectivity index (χ1) is 9.86. The van der Waals surface area contributed by atoms with Crippen LogP contribution in [0.15, 0.2) is 36.4 Å². The molecule has 0 radical (unpaired) electrons. The van der Waals surface area contributed by atoms with Crippen LogP contribution in [0.3, 0.4) is 0 Å². The van der Waals surface area contributed by atoms with E-state index < -0.39 is 11.7 Å². The minimum Gasteiger partial charge on any atom is -0.489 e. The molecular weight excluding hydrogens is 301 g/mol. The zero-order chi connectivity index (χ0) is 15.2. The summed E-state index contributed by atoms with van der Waals surface area (Å²) in [6.07, 6.45) is -4.06. The summed E-state index contributed by atoms with van der Waals surface area (Å²) in [6, 6.07) is 9.11. The average Bonchev–Trinajstić information content (AvgIpc) is 2.77. The molecule has 0 aliphatic carbocycles. The van der Waals surface area contributed by atoms with Crippen molar-refractivity contribution in [1.29, 1.82) is 0 Å². The van der Waals surface area contributed by atoms with Crippen molar-refractivity contribution < 1.29 is 17.9 Å². The van der Waals surface area contributed by atoms with E-state index in [0.29, 0.717) is 33.9 Å². The minimum atomic E-state index is -4.39. The van der Waals surface area contributed by atoms with E-state index >= 15 is 0 Å². The van der Waals surface area contributed by atoms with E-state index in [4.69, 9.17) is 16.3 Å². The maximum absolute atomic E-state index is 13.1. The summed E-state index contributed by atoms with van der Waals surface area (Å²) in [5, 5.41) is 0.405. The van der Waals surface area contributed by atoms with Crippen LogP contribution in [0.2, 0.25) is 5.02 Å². The van der Waals surface area contributed by atoms with E-state index in [1.54, 1.807) is 24.3 Å². The summed E-state index contributed by atoms with van der Waals surface area (Å²) in [4.78, 5) is 0. The molecule has 0 fully saturated rings. The number of hydrogen-bond acceptors (Lipinski definition) is 1. The SMILES string of the molecule is CC1Cc2cc(C(F)(F)F)cc(-c3ccccc3Cl)c2O1. The molecule has 0 N–H and O–H groups in total. The lowest BCUT2D eigenvalue weighted by atomic mass is 9.97. The standard InChI is InChI=1S/C16H12ClF3O/c1-9-6-10-7-11(16(18,19)20)8-13(15(10)21-9)12-4-2-3-5-14(12)17/h2-5,7-9H,6H2,1H3. The first kappa shape index (κ1) is 14.3. The fourth-order valence-corrected chi connectivity index (χ4v) is 2.81. The molecule has 1 heterocycles. The molecule has 2 aromatic carbocycles. The maximum atomic E-state index is 13.1. The normalized spacial score (nSPS) is 17.5. The quantitative estimate of drug-likeness (QED) is 0.689. The Kier molecular flexibility index (Phi) is 3.36. The molecule has 0 saturated carbocycles. The predicted molar refractivity (Wildman–Crippen MR) is 75.7 cm³/mol. The topological polar surface area (TPSA) is 9.23 Å². The van der Waals surface area contributed by atoms with Gasteiger partial charge in [0.25, 0.3) is 0 Å². The fraction of sp³-hybridized carbons (Fsp3) is 0.250. The van der Waals surface area contributed by atoms with E-state index in [0.717, 1.165) is 6.07 Å². The van der Waals surface area contributed by atoms with Gasteiger partial charge < -0.3 is 4.74 Å². The second-order valence-corrected chi connectivity index (χ2v) is 5.53. The molecule has 0 bridgehead atoms. The highest BCUT2D eigenvalue weighted by atomic mass is 35.5. The average molecular weight is 313 g/mol. The van der Waals surface area contributed by atoms with Gasteiger partial charge in [-0.2, -0.15) is 13.2 Å². The molecule has 1 aliphatic rings. The van der Waals surface area contributed by atoms with Crippen molar-refractivity contribution >= 4 is 11.6 Å². The predicted octanol–water partition coefficient (Wildman–Crippen LogP) is 5.35. The zero-order valence-electron chi connectivity index (χ0n) is 11.2. The highest BCUT2D eigenvalue weighted by molar-refractivity contribution is 6.33. The molecule has 1 nitrogen and oxygen atoms in total. The molecule has 110 valence electrons. The third-order valence-corrected chi connectivity index (χ3v) is 3.81. The van der Waals surface area contributed by atoms with Crippen molar-refractivity contribution in [2.75, 3.05) is 0 Å². The van der Waals surface area contributed by atoms with Gasteiger partial charge in [-0.3, -0.25) is 0 Å². The Bertz CT molecular complexity index is 694. The fourth-order valence-electron chi connectivity index (χ4n) is 2.58. The van der Waals surface area contributed by atoms with Gasteiger partial charge in [0.1, 0.15) is 11.9 Å². The van der Waals surface area contributed by atoms with Gasteiger partial charge in [-0.15, -0.1) is 0 Å². The number of benzene rings is 2. The van der Waals surface area contributed by atoms with Gasteiger partial charge in [0, 0.05) is 22.6 Å². The van der Waals surface area contributed by atoms with Gasteiger partial charge in [-0.05, 0) is 30.7 Å². The smallest absolute Gasteiger partial charge is 0.416 e. The van der Waals surface area contributed by atoms with Gasteiger partial charge in [-0.25, -0.2) is 0 Å². The van der Waals surface area contributed by atoms with Crippen LogP contribution in [0.5, 0.6) is 5.75 Å². The maximum Gasteiger partial charge on any atom is 0.416 e. The van der Waals surface area contributed by atoms with Crippen LogP contribution in [0.4, 0.5) is 13.2 Å². The molecule has 0 saturated heterocycles. The highest BCUT2D eigenvalue weighted by Gasteiger charge is 2.34. The van der Waals surface area contributed by atoms with Gasteiger partial charge in [-0.1, -0.05) is 29.8 Å². The molecule has 0 aromatic heterocycles. The summed E-state index contributed by atoms with van der Waals surface area (Å²) in [7, 11) is 0. The van der Waals surface area contributed by atoms with Gasteiger partial charge in [0.2, 0.25) is 0 Å². The highest BCUT2D eigenvalue weighted by Crippen LogP contribution is 2.44. The second-order valence-electron chi connectivity index (χ2n) is 5.12. The Labute approximate surface area is 125 Å². The van der Waals surface area contributed by atoms with Crippen LogP contribution in [0, 0.1) is 0 Å². The van der Waals surface area contributed by atoms with Crippen LogP contribution in [0.1, 0.15) is 18.1 Å². The van der Waals surface area contributed by atoms with E-state index in [1.165, 1.54) is 6.07 Å². The van der Waals surface area contributed by atoms with Crippen LogP contribution >= 0.6 is 11.6 Å². The third kappa shape index (κ3) is 2.60. The number of rotatable bonds is 1. The Morgan fingerprint density at radius 2 is 1.86 bits per heavy atom. The summed E-state index contributed by atoms with van der Waals surface area (Å²) >= 11 is 6.13. The molecule has 1 unspecified atom stereocenters. The zero-order valence-corrected chi connectivity index (χ0v) is 11.9. The number of ether oxygens (including phenoxy) is 1. The lowest BCUT2D eigenvalue weighted by molar-refractivity contribution is -0.137. The van der Waals surface area contributed by atoms with Crippen molar-refractivity contribution in [3.05, 3.63) is 52.5 Å². The summed E-state index contributed by atoms with van der Waals surface area (Å²) in [5.41, 5.74) is 0.853. The van der Waals surface area contributed by atoms with Crippen molar-refractivity contribution in [3.8, 4) is 16.9 Å². The van der Waals surface area contributed by atoms with Crippen LogP contribution in [-0.4, -0.2) is 6.10 Å². The van der Waals surface area contributed by atoms with E-state index in [1.807, 2.05) is 6.92 Å². The van der Waals surface area contributed by atoms with E-state index in [9.17, 15) is 13.2 Å². The second kappa shape index (κ2) is 4.95. The lowest BCUT2D eigenvalue weighted by Crippen LogP contribution is -2.06. The Morgan fingerprint density at radius 1 is 1.14 bits per heavy atom. The molecule has 1 aliphatic heterocycles.